The molecule has 5 heteroatoms. The van der Waals surface area contributed by atoms with E-state index in [-0.39, 0.29) is 24.8 Å². The SMILES string of the molecule is O=C(C1CCCO1)N1CCc2cc3c(cc2C1c1ccccc1)OCO3. The van der Waals surface area contributed by atoms with E-state index in [9.17, 15) is 4.79 Å². The van der Waals surface area contributed by atoms with E-state index in [1.54, 1.807) is 0 Å². The first kappa shape index (κ1) is 15.7. The minimum Gasteiger partial charge on any atom is -0.454 e. The Kier molecular flexibility index (Phi) is 3.82. The van der Waals surface area contributed by atoms with Crippen LogP contribution >= 0.6 is 0 Å². The molecular weight excluding hydrogens is 330 g/mol. The highest BCUT2D eigenvalue weighted by atomic mass is 16.7. The van der Waals surface area contributed by atoms with Crippen LogP contribution in [0.3, 0.4) is 0 Å². The Morgan fingerprint density at radius 2 is 1.88 bits per heavy atom. The summed E-state index contributed by atoms with van der Waals surface area (Å²) in [5.41, 5.74) is 3.45. The minimum atomic E-state index is -0.309. The lowest BCUT2D eigenvalue weighted by molar-refractivity contribution is -0.143. The molecule has 0 aliphatic carbocycles. The lowest BCUT2D eigenvalue weighted by Crippen LogP contribution is -2.45. The van der Waals surface area contributed by atoms with Crippen LogP contribution in [0.15, 0.2) is 42.5 Å². The number of carbonyl (C=O) groups is 1. The summed E-state index contributed by atoms with van der Waals surface area (Å²) in [7, 11) is 0. The van der Waals surface area contributed by atoms with Gasteiger partial charge in [-0.3, -0.25) is 4.79 Å². The molecule has 1 saturated heterocycles. The van der Waals surface area contributed by atoms with Gasteiger partial charge in [0.05, 0.1) is 6.04 Å². The molecular formula is C21H21NO4. The summed E-state index contributed by atoms with van der Waals surface area (Å²) in [4.78, 5) is 15.2. The second-order valence-corrected chi connectivity index (χ2v) is 7.00. The van der Waals surface area contributed by atoms with Gasteiger partial charge in [0.25, 0.3) is 5.91 Å². The standard InChI is InChI=1S/C21H21NO4/c23-21(17-7-4-10-24-17)22-9-8-15-11-18-19(26-13-25-18)12-16(15)20(22)14-5-2-1-3-6-14/h1-3,5-6,11-12,17,20H,4,7-10,13H2. The quantitative estimate of drug-likeness (QED) is 0.834. The maximum absolute atomic E-state index is 13.2. The molecule has 3 heterocycles. The summed E-state index contributed by atoms with van der Waals surface area (Å²) in [6, 6.07) is 14.2. The second-order valence-electron chi connectivity index (χ2n) is 7.00. The highest BCUT2D eigenvalue weighted by Gasteiger charge is 2.37. The minimum absolute atomic E-state index is 0.0969. The average molecular weight is 351 g/mol. The van der Waals surface area contributed by atoms with Gasteiger partial charge in [0.2, 0.25) is 6.79 Å². The Morgan fingerprint density at radius 3 is 2.65 bits per heavy atom. The van der Waals surface area contributed by atoms with Crippen LogP contribution in [0.1, 0.15) is 35.6 Å². The van der Waals surface area contributed by atoms with Crippen molar-refractivity contribution in [3.05, 3.63) is 59.2 Å². The van der Waals surface area contributed by atoms with E-state index < -0.39 is 0 Å². The first-order valence-corrected chi connectivity index (χ1v) is 9.21. The van der Waals surface area contributed by atoms with Crippen molar-refractivity contribution in [3.8, 4) is 11.5 Å². The number of nitrogens with zero attached hydrogens (tertiary/aromatic N) is 1. The van der Waals surface area contributed by atoms with Crippen LogP contribution in [-0.4, -0.2) is 36.9 Å². The van der Waals surface area contributed by atoms with Gasteiger partial charge in [-0.15, -0.1) is 0 Å². The molecule has 5 rings (SSSR count). The van der Waals surface area contributed by atoms with E-state index in [2.05, 4.69) is 18.2 Å². The fourth-order valence-corrected chi connectivity index (χ4v) is 4.20. The summed E-state index contributed by atoms with van der Waals surface area (Å²) in [6.45, 7) is 1.62. The Balaban J connectivity index is 1.59. The van der Waals surface area contributed by atoms with E-state index >= 15 is 0 Å². The number of benzene rings is 2. The predicted octanol–water partition coefficient (Wildman–Crippen LogP) is 3.07. The van der Waals surface area contributed by atoms with Gasteiger partial charge in [-0.25, -0.2) is 0 Å². The molecule has 134 valence electrons. The van der Waals surface area contributed by atoms with Crippen LogP contribution < -0.4 is 9.47 Å². The Labute approximate surface area is 152 Å². The summed E-state index contributed by atoms with van der Waals surface area (Å²) < 4.78 is 16.8. The van der Waals surface area contributed by atoms with Crippen molar-refractivity contribution in [2.75, 3.05) is 19.9 Å². The van der Waals surface area contributed by atoms with E-state index in [1.165, 1.54) is 5.56 Å². The van der Waals surface area contributed by atoms with Crippen molar-refractivity contribution < 1.29 is 19.0 Å². The molecule has 3 aliphatic heterocycles. The molecule has 2 aromatic carbocycles. The first-order valence-electron chi connectivity index (χ1n) is 9.21. The lowest BCUT2D eigenvalue weighted by atomic mass is 9.87. The van der Waals surface area contributed by atoms with Gasteiger partial charge < -0.3 is 19.1 Å². The summed E-state index contributed by atoms with van der Waals surface area (Å²) in [6.07, 6.45) is 2.27. The van der Waals surface area contributed by atoms with Gasteiger partial charge >= 0.3 is 0 Å². The maximum Gasteiger partial charge on any atom is 0.252 e. The number of carbonyl (C=O) groups excluding carboxylic acids is 1. The average Bonchev–Trinajstić information content (AvgIpc) is 3.37. The molecule has 0 N–H and O–H groups in total. The molecule has 0 bridgehead atoms. The fraction of sp³-hybridized carbons (Fsp3) is 0.381. The molecule has 26 heavy (non-hydrogen) atoms. The number of rotatable bonds is 2. The van der Waals surface area contributed by atoms with E-state index in [0.717, 1.165) is 41.9 Å². The van der Waals surface area contributed by atoms with Crippen LogP contribution in [0, 0.1) is 0 Å². The third-order valence-corrected chi connectivity index (χ3v) is 5.47. The maximum atomic E-state index is 13.2. The molecule has 0 saturated carbocycles. The van der Waals surface area contributed by atoms with Gasteiger partial charge in [-0.2, -0.15) is 0 Å². The van der Waals surface area contributed by atoms with Crippen molar-refractivity contribution in [2.45, 2.75) is 31.4 Å². The van der Waals surface area contributed by atoms with E-state index in [0.29, 0.717) is 13.2 Å². The molecule has 5 nitrogen and oxygen atoms in total. The predicted molar refractivity (Wildman–Crippen MR) is 95.2 cm³/mol. The Bertz CT molecular complexity index is 829. The molecule has 0 radical (unpaired) electrons. The second kappa shape index (κ2) is 6.32. The molecule has 2 unspecified atom stereocenters. The number of hydrogen-bond acceptors (Lipinski definition) is 4. The Morgan fingerprint density at radius 1 is 1.08 bits per heavy atom. The summed E-state index contributed by atoms with van der Waals surface area (Å²) in [5, 5.41) is 0. The Hall–Kier alpha value is -2.53. The molecule has 3 aliphatic rings. The van der Waals surface area contributed by atoms with Crippen molar-refractivity contribution in [1.29, 1.82) is 0 Å². The topological polar surface area (TPSA) is 48.0 Å². The zero-order valence-electron chi connectivity index (χ0n) is 14.5. The summed E-state index contributed by atoms with van der Waals surface area (Å²) in [5.74, 6) is 1.66. The fourth-order valence-electron chi connectivity index (χ4n) is 4.20. The van der Waals surface area contributed by atoms with Gasteiger partial charge in [0, 0.05) is 13.2 Å². The van der Waals surface area contributed by atoms with Crippen LogP contribution in [0.2, 0.25) is 0 Å². The smallest absolute Gasteiger partial charge is 0.252 e. The normalized spacial score (nSPS) is 23.8. The number of ether oxygens (including phenoxy) is 3. The molecule has 0 spiro atoms. The lowest BCUT2D eigenvalue weighted by Gasteiger charge is -2.39. The van der Waals surface area contributed by atoms with Crippen molar-refractivity contribution in [3.63, 3.8) is 0 Å². The van der Waals surface area contributed by atoms with Crippen LogP contribution in [-0.2, 0) is 16.0 Å². The van der Waals surface area contributed by atoms with Crippen LogP contribution in [0.5, 0.6) is 11.5 Å². The first-order chi connectivity index (χ1) is 12.8. The van der Waals surface area contributed by atoms with Gasteiger partial charge in [0.15, 0.2) is 11.5 Å². The van der Waals surface area contributed by atoms with Gasteiger partial charge in [0.1, 0.15) is 6.10 Å². The number of hydrogen-bond donors (Lipinski definition) is 0. The van der Waals surface area contributed by atoms with Crippen molar-refractivity contribution in [1.82, 2.24) is 4.90 Å². The molecule has 0 aromatic heterocycles. The molecule has 1 amide bonds. The molecule has 2 aromatic rings. The zero-order valence-corrected chi connectivity index (χ0v) is 14.5. The highest BCUT2D eigenvalue weighted by molar-refractivity contribution is 5.82. The van der Waals surface area contributed by atoms with Crippen LogP contribution in [0.4, 0.5) is 0 Å². The van der Waals surface area contributed by atoms with E-state index in [1.807, 2.05) is 29.2 Å². The third kappa shape index (κ3) is 2.54. The van der Waals surface area contributed by atoms with Gasteiger partial charge in [-0.05, 0) is 48.1 Å². The summed E-state index contributed by atoms with van der Waals surface area (Å²) >= 11 is 0. The molecule has 2 atom stereocenters. The van der Waals surface area contributed by atoms with E-state index in [4.69, 9.17) is 14.2 Å². The number of amides is 1. The van der Waals surface area contributed by atoms with Crippen LogP contribution in [0.25, 0.3) is 0 Å². The van der Waals surface area contributed by atoms with Crippen molar-refractivity contribution >= 4 is 5.91 Å². The van der Waals surface area contributed by atoms with Crippen molar-refractivity contribution in [2.24, 2.45) is 0 Å². The largest absolute Gasteiger partial charge is 0.454 e. The monoisotopic (exact) mass is 351 g/mol. The number of fused-ring (bicyclic) bond motifs is 2. The molecule has 1 fully saturated rings. The third-order valence-electron chi connectivity index (χ3n) is 5.47. The van der Waals surface area contributed by atoms with Gasteiger partial charge in [-0.1, -0.05) is 30.3 Å². The zero-order chi connectivity index (χ0) is 17.5. The highest BCUT2D eigenvalue weighted by Crippen LogP contribution is 2.43.